The molecule has 3 rings (SSSR count). The molecule has 1 heterocycles. The number of amides is 2. The predicted octanol–water partition coefficient (Wildman–Crippen LogP) is 3.63. The average molecular weight is 532 g/mol. The van der Waals surface area contributed by atoms with E-state index in [2.05, 4.69) is 15.6 Å². The van der Waals surface area contributed by atoms with E-state index in [9.17, 15) is 29.4 Å². The van der Waals surface area contributed by atoms with Crippen molar-refractivity contribution < 1.29 is 34.1 Å². The lowest BCUT2D eigenvalue weighted by molar-refractivity contribution is -0.155. The van der Waals surface area contributed by atoms with E-state index in [1.165, 1.54) is 19.2 Å². The van der Waals surface area contributed by atoms with Crippen LogP contribution < -0.4 is 15.4 Å². The number of methoxy groups -OCH3 is 1. The number of carbonyl (C=O) groups is 4. The lowest BCUT2D eigenvalue weighted by Gasteiger charge is -2.38. The van der Waals surface area contributed by atoms with Gasteiger partial charge in [-0.1, -0.05) is 37.6 Å². The van der Waals surface area contributed by atoms with Crippen molar-refractivity contribution >= 4 is 41.0 Å². The van der Waals surface area contributed by atoms with E-state index >= 15 is 0 Å². The maximum absolute atomic E-state index is 13.0. The molecule has 4 N–H and O–H groups in total. The van der Waals surface area contributed by atoms with Crippen LogP contribution in [0.15, 0.2) is 36.4 Å². The predicted molar refractivity (Wildman–Crippen MR) is 136 cm³/mol. The first-order chi connectivity index (χ1) is 17.3. The number of nitrogens with zero attached hydrogens (tertiary/aromatic N) is 1. The molecule has 37 heavy (non-hydrogen) atoms. The monoisotopic (exact) mass is 531 g/mol. The summed E-state index contributed by atoms with van der Waals surface area (Å²) >= 11 is 5.83. The molecule has 198 valence electrons. The Kier molecular flexibility index (Phi) is 8.12. The van der Waals surface area contributed by atoms with E-state index in [1.54, 1.807) is 45.0 Å². The van der Waals surface area contributed by atoms with Crippen LogP contribution in [-0.4, -0.2) is 52.1 Å². The van der Waals surface area contributed by atoms with Gasteiger partial charge in [-0.2, -0.15) is 0 Å². The number of ether oxygens (including phenoxy) is 1. The maximum atomic E-state index is 13.0. The van der Waals surface area contributed by atoms with E-state index in [4.69, 9.17) is 16.3 Å². The van der Waals surface area contributed by atoms with Crippen LogP contribution in [0, 0.1) is 16.7 Å². The van der Waals surface area contributed by atoms with E-state index in [1.807, 2.05) is 0 Å². The van der Waals surface area contributed by atoms with Crippen molar-refractivity contribution in [3.63, 3.8) is 0 Å². The Morgan fingerprint density at radius 3 is 2.30 bits per heavy atom. The molecule has 0 aliphatic heterocycles. The number of nitrogens with one attached hydrogen (secondary N) is 2. The Balaban J connectivity index is 1.67. The molecule has 2 amide bonds. The van der Waals surface area contributed by atoms with Crippen LogP contribution in [0.1, 0.15) is 49.5 Å². The van der Waals surface area contributed by atoms with Crippen LogP contribution in [0.4, 0.5) is 5.69 Å². The number of anilines is 1. The largest absolute Gasteiger partial charge is 0.481 e. The molecule has 1 aromatic carbocycles. The third-order valence-electron chi connectivity index (χ3n) is 7.55. The van der Waals surface area contributed by atoms with Crippen LogP contribution >= 0.6 is 11.6 Å². The molecule has 2 unspecified atom stereocenters. The highest BCUT2D eigenvalue weighted by Gasteiger charge is 2.58. The summed E-state index contributed by atoms with van der Waals surface area (Å²) in [4.78, 5) is 53.3. The second-order valence-corrected chi connectivity index (χ2v) is 10.3. The quantitative estimate of drug-likeness (QED) is 0.357. The van der Waals surface area contributed by atoms with Gasteiger partial charge >= 0.3 is 11.9 Å². The van der Waals surface area contributed by atoms with Crippen LogP contribution in [0.5, 0.6) is 5.88 Å². The van der Waals surface area contributed by atoms with Crippen molar-refractivity contribution in [3.05, 3.63) is 52.7 Å². The Labute approximate surface area is 219 Å². The molecule has 1 saturated carbocycles. The molecule has 0 saturated heterocycles. The van der Waals surface area contributed by atoms with Crippen molar-refractivity contribution in [3.8, 4) is 5.88 Å². The van der Waals surface area contributed by atoms with Gasteiger partial charge in [-0.15, -0.1) is 0 Å². The zero-order valence-electron chi connectivity index (χ0n) is 21.0. The summed E-state index contributed by atoms with van der Waals surface area (Å²) in [5.41, 5.74) is -0.660. The van der Waals surface area contributed by atoms with Crippen LogP contribution in [0.2, 0.25) is 5.15 Å². The maximum Gasteiger partial charge on any atom is 0.326 e. The lowest BCUT2D eigenvalue weighted by Crippen LogP contribution is -2.49. The number of carbonyl (C=O) groups excluding carboxylic acids is 2. The summed E-state index contributed by atoms with van der Waals surface area (Å²) < 4.78 is 5.10. The van der Waals surface area contributed by atoms with Crippen molar-refractivity contribution in [1.82, 2.24) is 10.3 Å². The molecular weight excluding hydrogens is 502 g/mol. The highest BCUT2D eigenvalue weighted by molar-refractivity contribution is 6.29. The van der Waals surface area contributed by atoms with Gasteiger partial charge in [-0.05, 0) is 55.0 Å². The fraction of sp³-hybridized carbons (Fsp3) is 0.423. The molecule has 1 aliphatic carbocycles. The highest BCUT2D eigenvalue weighted by Crippen LogP contribution is 2.56. The van der Waals surface area contributed by atoms with Gasteiger partial charge in [0.25, 0.3) is 5.91 Å². The Morgan fingerprint density at radius 2 is 1.76 bits per heavy atom. The van der Waals surface area contributed by atoms with Crippen LogP contribution in [0.3, 0.4) is 0 Å². The Morgan fingerprint density at radius 1 is 1.11 bits per heavy atom. The summed E-state index contributed by atoms with van der Waals surface area (Å²) in [7, 11) is 1.38. The van der Waals surface area contributed by atoms with Gasteiger partial charge in [0.05, 0.1) is 12.5 Å². The van der Waals surface area contributed by atoms with E-state index in [0.717, 1.165) is 0 Å². The standard InChI is InChI=1S/C26H30ClN3O7/c1-25(2)17(11-12-26(25,3)24(35)36)21(32)29-18(23(33)34)13-14-5-7-15(8-6-14)28-20(31)16-9-10-19(27)30-22(16)37-4/h5-10,17-18H,11-13H2,1-4H3,(H,28,31)(H,29,32)(H,33,34)(H,35,36)/t17?,18-,26?/m0/s1. The molecule has 10 nitrogen and oxygen atoms in total. The van der Waals surface area contributed by atoms with Gasteiger partial charge < -0.3 is 25.6 Å². The minimum atomic E-state index is -1.20. The van der Waals surface area contributed by atoms with E-state index < -0.39 is 46.5 Å². The molecule has 11 heteroatoms. The third-order valence-corrected chi connectivity index (χ3v) is 7.76. The summed E-state index contributed by atoms with van der Waals surface area (Å²) in [5.74, 6) is -3.66. The smallest absolute Gasteiger partial charge is 0.326 e. The number of carboxylic acid groups (broad SMARTS) is 2. The molecule has 2 aromatic rings. The molecule has 3 atom stereocenters. The topological polar surface area (TPSA) is 155 Å². The molecule has 0 spiro atoms. The first-order valence-electron chi connectivity index (χ1n) is 11.7. The average Bonchev–Trinajstić information content (AvgIpc) is 3.09. The first-order valence-corrected chi connectivity index (χ1v) is 12.1. The molecule has 0 bridgehead atoms. The molecular formula is C26H30ClN3O7. The molecule has 1 aromatic heterocycles. The fourth-order valence-corrected chi connectivity index (χ4v) is 4.86. The third kappa shape index (κ3) is 5.69. The highest BCUT2D eigenvalue weighted by atomic mass is 35.5. The van der Waals surface area contributed by atoms with E-state index in [-0.39, 0.29) is 23.0 Å². The number of halogens is 1. The Hall–Kier alpha value is -3.66. The number of aliphatic carboxylic acids is 2. The van der Waals surface area contributed by atoms with Crippen LogP contribution in [-0.2, 0) is 20.8 Å². The Bertz CT molecular complexity index is 1220. The van der Waals surface area contributed by atoms with Gasteiger partial charge in [-0.3, -0.25) is 14.4 Å². The number of pyridine rings is 1. The number of aromatic nitrogens is 1. The van der Waals surface area contributed by atoms with Crippen molar-refractivity contribution in [1.29, 1.82) is 0 Å². The summed E-state index contributed by atoms with van der Waals surface area (Å²) in [6.07, 6.45) is 0.695. The SMILES string of the molecule is COc1nc(Cl)ccc1C(=O)Nc1ccc(C[C@H](NC(=O)C2CCC(C)(C(=O)O)C2(C)C)C(=O)O)cc1. The van der Waals surface area contributed by atoms with Crippen LogP contribution in [0.25, 0.3) is 0 Å². The zero-order chi connectivity index (χ0) is 27.5. The number of carboxylic acids is 2. The second-order valence-electron chi connectivity index (χ2n) is 9.90. The van der Waals surface area contributed by atoms with Gasteiger partial charge in [-0.25, -0.2) is 9.78 Å². The molecule has 1 fully saturated rings. The van der Waals surface area contributed by atoms with Gasteiger partial charge in [0.1, 0.15) is 16.8 Å². The normalized spacial score (nSPS) is 21.1. The molecule has 1 aliphatic rings. The van der Waals surface area contributed by atoms with Crippen molar-refractivity contribution in [2.24, 2.45) is 16.7 Å². The fourth-order valence-electron chi connectivity index (χ4n) is 4.72. The first kappa shape index (κ1) is 27.9. The zero-order valence-corrected chi connectivity index (χ0v) is 21.8. The van der Waals surface area contributed by atoms with E-state index in [0.29, 0.717) is 24.1 Å². The van der Waals surface area contributed by atoms with Crippen molar-refractivity contribution in [2.45, 2.75) is 46.1 Å². The van der Waals surface area contributed by atoms with Crippen molar-refractivity contribution in [2.75, 3.05) is 12.4 Å². The summed E-state index contributed by atoms with van der Waals surface area (Å²) in [6.45, 7) is 5.09. The number of hydrogen-bond acceptors (Lipinski definition) is 6. The number of benzene rings is 1. The minimum Gasteiger partial charge on any atom is -0.481 e. The van der Waals surface area contributed by atoms with Gasteiger partial charge in [0.15, 0.2) is 0 Å². The summed E-state index contributed by atoms with van der Waals surface area (Å²) in [6, 6.07) is 8.28. The number of rotatable bonds is 9. The molecule has 0 radical (unpaired) electrons. The van der Waals surface area contributed by atoms with Gasteiger partial charge in [0.2, 0.25) is 11.8 Å². The minimum absolute atomic E-state index is 0.00751. The second kappa shape index (κ2) is 10.8. The number of hydrogen-bond donors (Lipinski definition) is 4. The summed E-state index contributed by atoms with van der Waals surface area (Å²) in [5, 5.41) is 24.9. The van der Waals surface area contributed by atoms with Gasteiger partial charge in [0, 0.05) is 18.0 Å². The lowest BCUT2D eigenvalue weighted by atomic mass is 9.65.